The number of carbonyl (C=O) groups excluding carboxylic acids is 1. The standard InChI is InChI=1S/C30H39N9O2/c1-5-15-38-29(41)26-21-31-30(33-28(26)39(38)27(8-6-20-40)34-35(4)22(2)3)32-23-9-11-24(12-10-23)37-18-13-25(14-19-37)36-16-7-17-36/h5-6,8-12,20-22,25H,1,7,13-19H2,2-4H3,(H,31,32,33)/b8-6-,34-27+. The Labute approximate surface area is 240 Å². The maximum atomic E-state index is 13.3. The number of hydrazone groups is 1. The van der Waals surface area contributed by atoms with Gasteiger partial charge < -0.3 is 15.1 Å². The van der Waals surface area contributed by atoms with Crippen molar-refractivity contribution >= 4 is 40.5 Å². The van der Waals surface area contributed by atoms with Gasteiger partial charge in [-0.3, -0.25) is 14.6 Å². The van der Waals surface area contributed by atoms with Crippen molar-refractivity contribution in [1.29, 1.82) is 0 Å². The fraction of sp³-hybridized carbons (Fsp3) is 0.433. The monoisotopic (exact) mass is 557 g/mol. The van der Waals surface area contributed by atoms with Crippen molar-refractivity contribution in [3.05, 3.63) is 65.6 Å². The number of benzene rings is 1. The topological polar surface area (TPSA) is 104 Å². The van der Waals surface area contributed by atoms with E-state index in [1.54, 1.807) is 21.8 Å². The lowest BCUT2D eigenvalue weighted by molar-refractivity contribution is -0.104. The Balaban J connectivity index is 1.41. The number of hydrogen-bond donors (Lipinski definition) is 1. The predicted molar refractivity (Wildman–Crippen MR) is 164 cm³/mol. The lowest BCUT2D eigenvalue weighted by Crippen LogP contribution is -2.50. The molecular formula is C30H39N9O2. The van der Waals surface area contributed by atoms with Crippen LogP contribution in [0.2, 0.25) is 0 Å². The number of likely N-dealkylation sites (tertiary alicyclic amines) is 1. The van der Waals surface area contributed by atoms with E-state index in [-0.39, 0.29) is 18.1 Å². The highest BCUT2D eigenvalue weighted by atomic mass is 16.1. The number of aromatic nitrogens is 4. The molecule has 2 saturated heterocycles. The van der Waals surface area contributed by atoms with Crippen molar-refractivity contribution in [2.75, 3.05) is 43.4 Å². The molecule has 2 fully saturated rings. The van der Waals surface area contributed by atoms with E-state index in [4.69, 9.17) is 4.98 Å². The van der Waals surface area contributed by atoms with Gasteiger partial charge >= 0.3 is 0 Å². The fourth-order valence-electron chi connectivity index (χ4n) is 5.24. The van der Waals surface area contributed by atoms with Crippen LogP contribution < -0.4 is 15.8 Å². The van der Waals surface area contributed by atoms with E-state index >= 15 is 0 Å². The van der Waals surface area contributed by atoms with Crippen molar-refractivity contribution in [1.82, 2.24) is 29.2 Å². The van der Waals surface area contributed by atoms with Gasteiger partial charge in [-0.2, -0.15) is 10.1 Å². The minimum atomic E-state index is -0.270. The Kier molecular flexibility index (Phi) is 8.63. The summed E-state index contributed by atoms with van der Waals surface area (Å²) in [4.78, 5) is 38.7. The highest BCUT2D eigenvalue weighted by Crippen LogP contribution is 2.27. The van der Waals surface area contributed by atoms with Gasteiger partial charge in [-0.05, 0) is 82.6 Å². The van der Waals surface area contributed by atoms with Crippen LogP contribution in [-0.4, -0.2) is 86.7 Å². The van der Waals surface area contributed by atoms with E-state index in [1.165, 1.54) is 55.0 Å². The summed E-state index contributed by atoms with van der Waals surface area (Å²) in [5.41, 5.74) is 2.16. The van der Waals surface area contributed by atoms with Crippen molar-refractivity contribution in [3.63, 3.8) is 0 Å². The number of aldehydes is 1. The molecule has 216 valence electrons. The summed E-state index contributed by atoms with van der Waals surface area (Å²) < 4.78 is 3.09. The first-order chi connectivity index (χ1) is 19.9. The number of nitrogens with zero attached hydrogens (tertiary/aromatic N) is 8. The second-order valence-corrected chi connectivity index (χ2v) is 10.8. The van der Waals surface area contributed by atoms with Crippen LogP contribution >= 0.6 is 0 Å². The van der Waals surface area contributed by atoms with E-state index in [1.807, 2.05) is 33.0 Å². The number of nitrogens with one attached hydrogen (secondary N) is 1. The van der Waals surface area contributed by atoms with E-state index in [9.17, 15) is 9.59 Å². The summed E-state index contributed by atoms with van der Waals surface area (Å²) in [7, 11) is 1.83. The molecular weight excluding hydrogens is 518 g/mol. The lowest BCUT2D eigenvalue weighted by atomic mass is 9.99. The van der Waals surface area contributed by atoms with Gasteiger partial charge in [-0.25, -0.2) is 14.3 Å². The molecule has 2 aliphatic heterocycles. The molecule has 0 saturated carbocycles. The van der Waals surface area contributed by atoms with Gasteiger partial charge in [0.2, 0.25) is 5.95 Å². The molecule has 11 heteroatoms. The average Bonchev–Trinajstić information content (AvgIpc) is 3.21. The molecule has 2 aliphatic rings. The third-order valence-corrected chi connectivity index (χ3v) is 7.89. The number of allylic oxidation sites excluding steroid dienone is 3. The quantitative estimate of drug-likeness (QED) is 0.101. The van der Waals surface area contributed by atoms with Crippen molar-refractivity contribution in [3.8, 4) is 0 Å². The molecule has 0 radical (unpaired) electrons. The van der Waals surface area contributed by atoms with Gasteiger partial charge in [-0.1, -0.05) is 6.08 Å². The van der Waals surface area contributed by atoms with Crippen molar-refractivity contribution in [2.45, 2.75) is 51.7 Å². The molecule has 0 amide bonds. The summed E-state index contributed by atoms with van der Waals surface area (Å²) in [6.07, 6.45) is 10.5. The highest BCUT2D eigenvalue weighted by Gasteiger charge is 2.28. The maximum Gasteiger partial charge on any atom is 0.278 e. The van der Waals surface area contributed by atoms with Crippen LogP contribution in [0.1, 0.15) is 33.1 Å². The van der Waals surface area contributed by atoms with E-state index < -0.39 is 0 Å². The van der Waals surface area contributed by atoms with Gasteiger partial charge in [-0.15, -0.1) is 6.58 Å². The molecule has 0 bridgehead atoms. The largest absolute Gasteiger partial charge is 0.371 e. The second-order valence-electron chi connectivity index (χ2n) is 10.8. The molecule has 41 heavy (non-hydrogen) atoms. The van der Waals surface area contributed by atoms with Crippen molar-refractivity contribution in [2.24, 2.45) is 5.10 Å². The SMILES string of the molecule is C=CCn1c(=O)c2cnc(Nc3ccc(N4CCC(N5CCC5)CC4)cc3)nc2n1C(/C=C\C=O)=N/N(C)C(C)C. The van der Waals surface area contributed by atoms with Crippen LogP contribution in [0.3, 0.4) is 0 Å². The van der Waals surface area contributed by atoms with Crippen molar-refractivity contribution < 1.29 is 4.79 Å². The zero-order valence-corrected chi connectivity index (χ0v) is 24.1. The molecule has 0 aliphatic carbocycles. The summed E-state index contributed by atoms with van der Waals surface area (Å²) >= 11 is 0. The Hall–Kier alpha value is -4.25. The molecule has 2 aromatic heterocycles. The Morgan fingerprint density at radius 2 is 1.93 bits per heavy atom. The first-order valence-corrected chi connectivity index (χ1v) is 14.3. The third kappa shape index (κ3) is 6.09. The van der Waals surface area contributed by atoms with Crippen LogP contribution in [0.15, 0.2) is 65.2 Å². The predicted octanol–water partition coefficient (Wildman–Crippen LogP) is 3.45. The average molecular weight is 558 g/mol. The number of piperidine rings is 1. The smallest absolute Gasteiger partial charge is 0.278 e. The Bertz CT molecular complexity index is 1490. The molecule has 3 aromatic rings. The fourth-order valence-corrected chi connectivity index (χ4v) is 5.24. The number of carbonyl (C=O) groups is 1. The summed E-state index contributed by atoms with van der Waals surface area (Å²) in [5.74, 6) is 0.718. The first-order valence-electron chi connectivity index (χ1n) is 14.3. The van der Waals surface area contributed by atoms with Crippen LogP contribution in [0.5, 0.6) is 0 Å². The van der Waals surface area contributed by atoms with Crippen LogP contribution in [0.25, 0.3) is 11.0 Å². The molecule has 1 N–H and O–H groups in total. The van der Waals surface area contributed by atoms with Gasteiger partial charge in [0.05, 0.1) is 6.54 Å². The summed E-state index contributed by atoms with van der Waals surface area (Å²) in [5, 5.41) is 10.0. The summed E-state index contributed by atoms with van der Waals surface area (Å²) in [6.45, 7) is 12.7. The van der Waals surface area contributed by atoms with E-state index in [0.29, 0.717) is 29.1 Å². The van der Waals surface area contributed by atoms with Gasteiger partial charge in [0.1, 0.15) is 11.7 Å². The highest BCUT2D eigenvalue weighted by molar-refractivity contribution is 6.01. The number of anilines is 3. The molecule has 11 nitrogen and oxygen atoms in total. The molecule has 0 unspecified atom stereocenters. The second kappa shape index (κ2) is 12.5. The molecule has 0 atom stereocenters. The molecule has 0 spiro atoms. The zero-order valence-electron chi connectivity index (χ0n) is 24.1. The van der Waals surface area contributed by atoms with Crippen LogP contribution in [-0.2, 0) is 11.3 Å². The maximum absolute atomic E-state index is 13.3. The Morgan fingerprint density at radius 1 is 1.20 bits per heavy atom. The van der Waals surface area contributed by atoms with Crippen LogP contribution in [0, 0.1) is 0 Å². The molecule has 4 heterocycles. The number of hydrogen-bond acceptors (Lipinski definition) is 9. The number of fused-ring (bicyclic) bond motifs is 1. The lowest BCUT2D eigenvalue weighted by Gasteiger charge is -2.43. The van der Waals surface area contributed by atoms with E-state index in [2.05, 4.69) is 43.9 Å². The third-order valence-electron chi connectivity index (χ3n) is 7.89. The molecule has 5 rings (SSSR count). The number of rotatable bonds is 10. The Morgan fingerprint density at radius 3 is 2.54 bits per heavy atom. The van der Waals surface area contributed by atoms with Gasteiger partial charge in [0.25, 0.3) is 5.56 Å². The molecule has 1 aromatic carbocycles. The van der Waals surface area contributed by atoms with Crippen LogP contribution in [0.4, 0.5) is 17.3 Å². The minimum absolute atomic E-state index is 0.0951. The van der Waals surface area contributed by atoms with E-state index in [0.717, 1.165) is 24.8 Å². The minimum Gasteiger partial charge on any atom is -0.371 e. The summed E-state index contributed by atoms with van der Waals surface area (Å²) in [6, 6.07) is 9.13. The first kappa shape index (κ1) is 28.3. The van der Waals surface area contributed by atoms with Gasteiger partial charge in [0, 0.05) is 49.8 Å². The normalized spacial score (nSPS) is 16.9. The zero-order chi connectivity index (χ0) is 28.9. The van der Waals surface area contributed by atoms with Gasteiger partial charge in [0.15, 0.2) is 11.5 Å².